The van der Waals surface area contributed by atoms with Gasteiger partial charge in [-0.3, -0.25) is 4.79 Å². The normalized spacial score (nSPS) is 12.3. The smallest absolute Gasteiger partial charge is 0.311 e. The van der Waals surface area contributed by atoms with E-state index in [4.69, 9.17) is 25.8 Å². The first kappa shape index (κ1) is 17.9. The molecular weight excluding hydrogens is 296 g/mol. The van der Waals surface area contributed by atoms with Gasteiger partial charge in [0.1, 0.15) is 0 Å². The number of rotatable bonds is 11. The highest BCUT2D eigenvalue weighted by atomic mass is 35.5. The van der Waals surface area contributed by atoms with Crippen LogP contribution in [0.15, 0.2) is 24.3 Å². The van der Waals surface area contributed by atoms with Crippen LogP contribution in [0.1, 0.15) is 17.9 Å². The highest BCUT2D eigenvalue weighted by molar-refractivity contribution is 6.30. The van der Waals surface area contributed by atoms with Crippen LogP contribution in [0.25, 0.3) is 0 Å². The molecule has 1 N–H and O–H groups in total. The number of hydrogen-bond acceptors (Lipinski definition) is 4. The van der Waals surface area contributed by atoms with Gasteiger partial charge in [0.05, 0.1) is 32.3 Å². The molecule has 0 spiro atoms. The Kier molecular flexibility index (Phi) is 9.01. The van der Waals surface area contributed by atoms with E-state index in [-0.39, 0.29) is 0 Å². The van der Waals surface area contributed by atoms with Gasteiger partial charge in [-0.25, -0.2) is 0 Å². The first-order valence-electron chi connectivity index (χ1n) is 6.78. The van der Waals surface area contributed by atoms with E-state index in [1.807, 2.05) is 0 Å². The maximum absolute atomic E-state index is 11.3. The molecule has 0 aliphatic carbocycles. The maximum atomic E-state index is 11.3. The van der Waals surface area contributed by atoms with Gasteiger partial charge in [0, 0.05) is 18.7 Å². The minimum atomic E-state index is -0.864. The van der Waals surface area contributed by atoms with Gasteiger partial charge in [-0.2, -0.15) is 0 Å². The first-order valence-corrected chi connectivity index (χ1v) is 7.15. The summed E-state index contributed by atoms with van der Waals surface area (Å²) < 4.78 is 15.5. The maximum Gasteiger partial charge on any atom is 0.311 e. The van der Waals surface area contributed by atoms with Crippen LogP contribution in [0.4, 0.5) is 0 Å². The fourth-order valence-corrected chi connectivity index (χ4v) is 1.92. The van der Waals surface area contributed by atoms with Crippen LogP contribution < -0.4 is 0 Å². The van der Waals surface area contributed by atoms with Gasteiger partial charge < -0.3 is 19.3 Å². The molecule has 6 heteroatoms. The van der Waals surface area contributed by atoms with Crippen molar-refractivity contribution in [3.8, 4) is 0 Å². The van der Waals surface area contributed by atoms with Gasteiger partial charge in [-0.1, -0.05) is 23.7 Å². The van der Waals surface area contributed by atoms with Crippen LogP contribution in [0, 0.1) is 0 Å². The van der Waals surface area contributed by atoms with Crippen molar-refractivity contribution in [2.75, 3.05) is 40.1 Å². The van der Waals surface area contributed by atoms with Crippen LogP contribution in [0.5, 0.6) is 0 Å². The highest BCUT2D eigenvalue weighted by Crippen LogP contribution is 2.22. The Morgan fingerprint density at radius 3 is 2.24 bits per heavy atom. The second kappa shape index (κ2) is 10.6. The van der Waals surface area contributed by atoms with Gasteiger partial charge in [-0.05, 0) is 24.1 Å². The Morgan fingerprint density at radius 2 is 1.67 bits per heavy atom. The summed E-state index contributed by atoms with van der Waals surface area (Å²) in [6.45, 7) is 2.37. The van der Waals surface area contributed by atoms with Crippen molar-refractivity contribution >= 4 is 17.6 Å². The standard InChI is InChI=1S/C15H21ClO5/c1-19-8-9-21-11-10-20-7-6-14(15(17)18)12-2-4-13(16)5-3-12/h2-5,14H,6-11H2,1H3,(H,17,18). The summed E-state index contributed by atoms with van der Waals surface area (Å²) in [5, 5.41) is 9.86. The second-order valence-electron chi connectivity index (χ2n) is 4.45. The van der Waals surface area contributed by atoms with Crippen LogP contribution >= 0.6 is 11.6 Å². The number of benzene rings is 1. The van der Waals surface area contributed by atoms with E-state index in [1.54, 1.807) is 31.4 Å². The van der Waals surface area contributed by atoms with Crippen LogP contribution in [-0.2, 0) is 19.0 Å². The van der Waals surface area contributed by atoms with E-state index in [2.05, 4.69) is 0 Å². The largest absolute Gasteiger partial charge is 0.481 e. The molecule has 0 aliphatic heterocycles. The molecule has 1 unspecified atom stereocenters. The topological polar surface area (TPSA) is 65.0 Å². The molecule has 1 atom stereocenters. The van der Waals surface area contributed by atoms with Crippen molar-refractivity contribution in [1.82, 2.24) is 0 Å². The van der Waals surface area contributed by atoms with Crippen molar-refractivity contribution < 1.29 is 24.1 Å². The number of hydrogen-bond donors (Lipinski definition) is 1. The molecule has 118 valence electrons. The average Bonchev–Trinajstić information content (AvgIpc) is 2.47. The molecule has 0 aromatic heterocycles. The van der Waals surface area contributed by atoms with E-state index in [1.165, 1.54) is 0 Å². The second-order valence-corrected chi connectivity index (χ2v) is 4.89. The van der Waals surface area contributed by atoms with Gasteiger partial charge in [-0.15, -0.1) is 0 Å². The number of halogens is 1. The third kappa shape index (κ3) is 7.43. The van der Waals surface area contributed by atoms with Gasteiger partial charge in [0.15, 0.2) is 0 Å². The number of aliphatic carboxylic acids is 1. The molecule has 21 heavy (non-hydrogen) atoms. The van der Waals surface area contributed by atoms with Crippen molar-refractivity contribution in [3.05, 3.63) is 34.9 Å². The fourth-order valence-electron chi connectivity index (χ4n) is 1.79. The SMILES string of the molecule is COCCOCCOCCC(C(=O)O)c1ccc(Cl)cc1. The molecule has 0 fully saturated rings. The van der Waals surface area contributed by atoms with Crippen molar-refractivity contribution in [2.24, 2.45) is 0 Å². The predicted molar refractivity (Wildman–Crippen MR) is 80.0 cm³/mol. The van der Waals surface area contributed by atoms with E-state index < -0.39 is 11.9 Å². The Labute approximate surface area is 129 Å². The minimum absolute atomic E-state index is 0.368. The van der Waals surface area contributed by atoms with Gasteiger partial charge >= 0.3 is 5.97 Å². The molecule has 0 saturated heterocycles. The summed E-state index contributed by atoms with van der Waals surface area (Å²) in [5.41, 5.74) is 0.729. The summed E-state index contributed by atoms with van der Waals surface area (Å²) >= 11 is 5.80. The minimum Gasteiger partial charge on any atom is -0.481 e. The third-order valence-electron chi connectivity index (χ3n) is 2.93. The lowest BCUT2D eigenvalue weighted by Gasteiger charge is -2.13. The molecular formula is C15H21ClO5. The van der Waals surface area contributed by atoms with Gasteiger partial charge in [0.25, 0.3) is 0 Å². The van der Waals surface area contributed by atoms with E-state index in [0.717, 1.165) is 5.56 Å². The summed E-state index contributed by atoms with van der Waals surface area (Å²) in [7, 11) is 1.61. The molecule has 0 aliphatic rings. The summed E-state index contributed by atoms with van der Waals surface area (Å²) in [4.78, 5) is 11.3. The molecule has 0 saturated carbocycles. The number of methoxy groups -OCH3 is 1. The number of carboxylic acids is 1. The molecule has 0 bridgehead atoms. The fraction of sp³-hybridized carbons (Fsp3) is 0.533. The van der Waals surface area contributed by atoms with Gasteiger partial charge in [0.2, 0.25) is 0 Å². The Bertz CT molecular complexity index is 407. The molecule has 5 nitrogen and oxygen atoms in total. The molecule has 0 amide bonds. The summed E-state index contributed by atoms with van der Waals surface area (Å²) in [5.74, 6) is -1.45. The average molecular weight is 317 g/mol. The molecule has 1 rings (SSSR count). The van der Waals surface area contributed by atoms with E-state index in [9.17, 15) is 9.90 Å². The van der Waals surface area contributed by atoms with Crippen molar-refractivity contribution in [1.29, 1.82) is 0 Å². The first-order chi connectivity index (χ1) is 10.1. The third-order valence-corrected chi connectivity index (χ3v) is 3.18. The Hall–Kier alpha value is -1.14. The monoisotopic (exact) mass is 316 g/mol. The zero-order valence-corrected chi connectivity index (χ0v) is 12.8. The van der Waals surface area contributed by atoms with Crippen LogP contribution in [-0.4, -0.2) is 51.2 Å². The number of carboxylic acid groups (broad SMARTS) is 1. The lowest BCUT2D eigenvalue weighted by Crippen LogP contribution is -2.15. The van der Waals surface area contributed by atoms with E-state index >= 15 is 0 Å². The molecule has 1 aromatic rings. The Morgan fingerprint density at radius 1 is 1.10 bits per heavy atom. The van der Waals surface area contributed by atoms with Crippen molar-refractivity contribution in [2.45, 2.75) is 12.3 Å². The zero-order valence-electron chi connectivity index (χ0n) is 12.1. The predicted octanol–water partition coefficient (Wildman–Crippen LogP) is 2.58. The molecule has 1 aromatic carbocycles. The molecule has 0 heterocycles. The quantitative estimate of drug-likeness (QED) is 0.636. The lowest BCUT2D eigenvalue weighted by atomic mass is 9.96. The van der Waals surface area contributed by atoms with Crippen LogP contribution in [0.2, 0.25) is 5.02 Å². The summed E-state index contributed by atoms with van der Waals surface area (Å²) in [6, 6.07) is 6.85. The summed E-state index contributed by atoms with van der Waals surface area (Å²) in [6.07, 6.45) is 0.412. The Balaban J connectivity index is 2.26. The van der Waals surface area contributed by atoms with E-state index in [0.29, 0.717) is 44.5 Å². The number of ether oxygens (including phenoxy) is 3. The van der Waals surface area contributed by atoms with Crippen molar-refractivity contribution in [3.63, 3.8) is 0 Å². The highest BCUT2D eigenvalue weighted by Gasteiger charge is 2.19. The number of carbonyl (C=O) groups is 1. The van der Waals surface area contributed by atoms with Crippen LogP contribution in [0.3, 0.4) is 0 Å². The zero-order chi connectivity index (χ0) is 15.5. The molecule has 0 radical (unpaired) electrons. The lowest BCUT2D eigenvalue weighted by molar-refractivity contribution is -0.139.